The number of hydrogen-bond donors (Lipinski definition) is 1. The zero-order valence-electron chi connectivity index (χ0n) is 10.0. The average Bonchev–Trinajstić information content (AvgIpc) is 3.00. The molecule has 1 aliphatic carbocycles. The topological polar surface area (TPSA) is 77.2 Å². The normalized spacial score (nSPS) is 20.4. The third kappa shape index (κ3) is 3.56. The lowest BCUT2D eigenvalue weighted by molar-refractivity contribution is -0.124. The molecule has 1 saturated carbocycles. The molecule has 0 aromatic heterocycles. The Bertz CT molecular complexity index is 355. The van der Waals surface area contributed by atoms with Crippen LogP contribution in [0.3, 0.4) is 0 Å². The number of nitrogens with two attached hydrogens (primary N) is 1. The van der Waals surface area contributed by atoms with E-state index in [-0.39, 0.29) is 23.7 Å². The van der Waals surface area contributed by atoms with Crippen molar-refractivity contribution < 1.29 is 13.2 Å². The van der Waals surface area contributed by atoms with Crippen LogP contribution in [0.15, 0.2) is 0 Å². The molecular weight excluding hydrogens is 226 g/mol. The molecule has 0 spiro atoms. The number of rotatable bonds is 7. The predicted molar refractivity (Wildman–Crippen MR) is 63.9 cm³/mol. The zero-order chi connectivity index (χ0) is 12.4. The summed E-state index contributed by atoms with van der Waals surface area (Å²) in [6, 6.07) is 0. The Hall–Kier alpha value is -0.420. The van der Waals surface area contributed by atoms with E-state index < -0.39 is 15.4 Å². The van der Waals surface area contributed by atoms with Crippen molar-refractivity contribution in [2.24, 2.45) is 11.7 Å². The van der Waals surface area contributed by atoms with E-state index in [1.807, 2.05) is 0 Å². The Morgan fingerprint density at radius 2 is 2.00 bits per heavy atom. The van der Waals surface area contributed by atoms with Gasteiger partial charge in [0.1, 0.15) is 9.84 Å². The summed E-state index contributed by atoms with van der Waals surface area (Å²) in [6.07, 6.45) is 2.72. The van der Waals surface area contributed by atoms with Crippen molar-refractivity contribution in [2.75, 3.05) is 11.5 Å². The van der Waals surface area contributed by atoms with E-state index in [0.717, 1.165) is 12.8 Å². The first-order valence-electron chi connectivity index (χ1n) is 5.82. The first-order chi connectivity index (χ1) is 7.29. The first kappa shape index (κ1) is 13.6. The molecule has 2 N–H and O–H groups in total. The number of ketones is 1. The van der Waals surface area contributed by atoms with Gasteiger partial charge in [-0.15, -0.1) is 0 Å². The van der Waals surface area contributed by atoms with Crippen molar-refractivity contribution in [1.82, 2.24) is 0 Å². The zero-order valence-corrected chi connectivity index (χ0v) is 10.8. The summed E-state index contributed by atoms with van der Waals surface area (Å²) in [5, 5.41) is 0. The van der Waals surface area contributed by atoms with Crippen LogP contribution >= 0.6 is 0 Å². The van der Waals surface area contributed by atoms with Crippen LogP contribution in [0.4, 0.5) is 0 Å². The van der Waals surface area contributed by atoms with Crippen molar-refractivity contribution in [3.8, 4) is 0 Å². The fourth-order valence-corrected chi connectivity index (χ4v) is 2.65. The van der Waals surface area contributed by atoms with E-state index in [4.69, 9.17) is 5.73 Å². The maximum atomic E-state index is 11.8. The van der Waals surface area contributed by atoms with Crippen LogP contribution in [0, 0.1) is 5.92 Å². The van der Waals surface area contributed by atoms with Crippen molar-refractivity contribution in [3.05, 3.63) is 0 Å². The molecule has 1 fully saturated rings. The molecule has 94 valence electrons. The quantitative estimate of drug-likeness (QED) is 0.725. The van der Waals surface area contributed by atoms with Crippen molar-refractivity contribution >= 4 is 15.6 Å². The Kier molecular flexibility index (Phi) is 4.12. The molecule has 0 saturated heterocycles. The van der Waals surface area contributed by atoms with E-state index in [0.29, 0.717) is 12.3 Å². The molecule has 1 atom stereocenters. The van der Waals surface area contributed by atoms with Gasteiger partial charge in [-0.1, -0.05) is 6.92 Å². The predicted octanol–water partition coefficient (Wildman–Crippen LogP) is 0.898. The summed E-state index contributed by atoms with van der Waals surface area (Å²) in [4.78, 5) is 11.8. The SMILES string of the molecule is CCS(=O)(=O)CCCC(=O)C(C)(N)C1CC1. The molecule has 1 rings (SSSR count). The summed E-state index contributed by atoms with van der Waals surface area (Å²) in [5.41, 5.74) is 5.21. The highest BCUT2D eigenvalue weighted by atomic mass is 32.2. The van der Waals surface area contributed by atoms with Crippen LogP contribution in [0.5, 0.6) is 0 Å². The Labute approximate surface area is 97.5 Å². The molecule has 16 heavy (non-hydrogen) atoms. The second kappa shape index (κ2) is 4.84. The highest BCUT2D eigenvalue weighted by Gasteiger charge is 2.43. The number of hydrogen-bond acceptors (Lipinski definition) is 4. The van der Waals surface area contributed by atoms with Gasteiger partial charge in [-0.25, -0.2) is 8.42 Å². The minimum absolute atomic E-state index is 0.00121. The third-order valence-corrected chi connectivity index (χ3v) is 5.12. The molecule has 0 heterocycles. The molecule has 0 aliphatic heterocycles. The Morgan fingerprint density at radius 3 is 2.44 bits per heavy atom. The van der Waals surface area contributed by atoms with Gasteiger partial charge in [0.15, 0.2) is 5.78 Å². The van der Waals surface area contributed by atoms with E-state index in [1.165, 1.54) is 0 Å². The fraction of sp³-hybridized carbons (Fsp3) is 0.909. The lowest BCUT2D eigenvalue weighted by Gasteiger charge is -2.22. The number of carbonyl (C=O) groups excluding carboxylic acids is 1. The van der Waals surface area contributed by atoms with Crippen molar-refractivity contribution in [2.45, 2.75) is 45.1 Å². The fourth-order valence-electron chi connectivity index (χ4n) is 1.78. The van der Waals surface area contributed by atoms with E-state index >= 15 is 0 Å². The molecule has 5 heteroatoms. The summed E-state index contributed by atoms with van der Waals surface area (Å²) < 4.78 is 22.5. The van der Waals surface area contributed by atoms with Crippen LogP contribution in [0.25, 0.3) is 0 Å². The van der Waals surface area contributed by atoms with E-state index in [1.54, 1.807) is 13.8 Å². The van der Waals surface area contributed by atoms with Gasteiger partial charge in [0.2, 0.25) is 0 Å². The second-order valence-corrected chi connectivity index (χ2v) is 7.29. The monoisotopic (exact) mass is 247 g/mol. The minimum Gasteiger partial charge on any atom is -0.319 e. The van der Waals surface area contributed by atoms with E-state index in [2.05, 4.69) is 0 Å². The molecule has 0 radical (unpaired) electrons. The smallest absolute Gasteiger partial charge is 0.152 e. The lowest BCUT2D eigenvalue weighted by atomic mass is 9.89. The van der Waals surface area contributed by atoms with Crippen molar-refractivity contribution in [3.63, 3.8) is 0 Å². The lowest BCUT2D eigenvalue weighted by Crippen LogP contribution is -2.47. The minimum atomic E-state index is -2.96. The Morgan fingerprint density at radius 1 is 1.44 bits per heavy atom. The number of sulfone groups is 1. The number of Topliss-reactive ketones (excluding diaryl/α,β-unsaturated/α-hetero) is 1. The first-order valence-corrected chi connectivity index (χ1v) is 7.64. The van der Waals surface area contributed by atoms with Gasteiger partial charge in [0.25, 0.3) is 0 Å². The van der Waals surface area contributed by atoms with E-state index in [9.17, 15) is 13.2 Å². The number of carbonyl (C=O) groups is 1. The standard InChI is InChI=1S/C11H21NO3S/c1-3-16(14,15)8-4-5-10(13)11(2,12)9-6-7-9/h9H,3-8,12H2,1-2H3. The summed E-state index contributed by atoms with van der Waals surface area (Å²) in [6.45, 7) is 3.38. The van der Waals surface area contributed by atoms with Crippen LogP contribution < -0.4 is 5.73 Å². The van der Waals surface area contributed by atoms with Gasteiger partial charge in [0, 0.05) is 12.2 Å². The average molecular weight is 247 g/mol. The van der Waals surface area contributed by atoms with Gasteiger partial charge in [-0.2, -0.15) is 0 Å². The molecule has 0 aromatic carbocycles. The van der Waals surface area contributed by atoms with Crippen molar-refractivity contribution in [1.29, 1.82) is 0 Å². The van der Waals surface area contributed by atoms with Gasteiger partial charge in [-0.05, 0) is 32.1 Å². The maximum Gasteiger partial charge on any atom is 0.152 e. The van der Waals surface area contributed by atoms with Gasteiger partial charge in [0.05, 0.1) is 11.3 Å². The molecule has 0 amide bonds. The summed E-state index contributed by atoms with van der Waals surface area (Å²) in [7, 11) is -2.96. The van der Waals surface area contributed by atoms with Crippen LogP contribution in [0.2, 0.25) is 0 Å². The molecule has 1 aliphatic rings. The van der Waals surface area contributed by atoms with Gasteiger partial charge >= 0.3 is 0 Å². The Balaban J connectivity index is 2.36. The second-order valence-electron chi connectivity index (χ2n) is 4.82. The van der Waals surface area contributed by atoms with Crippen LogP contribution in [-0.2, 0) is 14.6 Å². The molecule has 4 nitrogen and oxygen atoms in total. The molecule has 1 unspecified atom stereocenters. The molecular formula is C11H21NO3S. The third-order valence-electron chi connectivity index (χ3n) is 3.33. The summed E-state index contributed by atoms with van der Waals surface area (Å²) >= 11 is 0. The van der Waals surface area contributed by atoms with Crippen LogP contribution in [-0.4, -0.2) is 31.2 Å². The highest BCUT2D eigenvalue weighted by molar-refractivity contribution is 7.91. The van der Waals surface area contributed by atoms with Gasteiger partial charge < -0.3 is 5.73 Å². The maximum absolute atomic E-state index is 11.8. The molecule has 0 bridgehead atoms. The van der Waals surface area contributed by atoms with Crippen LogP contribution in [0.1, 0.15) is 39.5 Å². The largest absolute Gasteiger partial charge is 0.319 e. The highest BCUT2D eigenvalue weighted by Crippen LogP contribution is 2.39. The summed E-state index contributed by atoms with van der Waals surface area (Å²) in [5.74, 6) is 0.545. The van der Waals surface area contributed by atoms with Gasteiger partial charge in [-0.3, -0.25) is 4.79 Å². The molecule has 0 aromatic rings.